The Morgan fingerprint density at radius 1 is 1.44 bits per heavy atom. The average molecular weight is 262 g/mol. The first kappa shape index (κ1) is 12.1. The van der Waals surface area contributed by atoms with E-state index in [2.05, 4.69) is 40.3 Å². The maximum Gasteiger partial charge on any atom is 0.0894 e. The highest BCUT2D eigenvalue weighted by Gasteiger charge is 2.26. The van der Waals surface area contributed by atoms with Crippen LogP contribution in [0.2, 0.25) is 0 Å². The number of fused-ring (bicyclic) bond motifs is 1. The molecule has 0 spiro atoms. The first-order chi connectivity index (χ1) is 8.90. The summed E-state index contributed by atoms with van der Waals surface area (Å²) >= 11 is 1.81. The molecular weight excluding hydrogens is 244 g/mol. The molecule has 0 aliphatic carbocycles. The van der Waals surface area contributed by atoms with Crippen LogP contribution in [0.1, 0.15) is 11.6 Å². The van der Waals surface area contributed by atoms with Crippen LogP contribution in [0.15, 0.2) is 29.6 Å². The molecule has 0 amide bonds. The van der Waals surface area contributed by atoms with Gasteiger partial charge in [0.2, 0.25) is 0 Å². The van der Waals surface area contributed by atoms with Crippen LogP contribution in [-0.2, 0) is 4.74 Å². The van der Waals surface area contributed by atoms with Crippen molar-refractivity contribution in [3.63, 3.8) is 0 Å². The molecule has 2 unspecified atom stereocenters. The number of hydrogen-bond acceptors (Lipinski definition) is 4. The van der Waals surface area contributed by atoms with E-state index in [1.54, 1.807) is 11.3 Å². The van der Waals surface area contributed by atoms with Crippen molar-refractivity contribution in [3.8, 4) is 0 Å². The molecule has 18 heavy (non-hydrogen) atoms. The molecule has 2 N–H and O–H groups in total. The summed E-state index contributed by atoms with van der Waals surface area (Å²) in [6, 6.07) is 8.83. The Morgan fingerprint density at radius 3 is 3.11 bits per heavy atom. The van der Waals surface area contributed by atoms with Gasteiger partial charge in [0.25, 0.3) is 0 Å². The maximum absolute atomic E-state index is 5.88. The molecule has 1 aromatic heterocycles. The van der Waals surface area contributed by atoms with E-state index in [1.807, 2.05) is 7.05 Å². The Hall–Kier alpha value is -0.940. The van der Waals surface area contributed by atoms with Crippen LogP contribution in [0.25, 0.3) is 10.1 Å². The maximum atomic E-state index is 5.88. The van der Waals surface area contributed by atoms with Gasteiger partial charge < -0.3 is 15.4 Å². The number of rotatable bonds is 3. The molecule has 1 aliphatic heterocycles. The first-order valence-electron chi connectivity index (χ1n) is 6.36. The van der Waals surface area contributed by atoms with Crippen molar-refractivity contribution < 1.29 is 4.74 Å². The molecule has 1 fully saturated rings. The van der Waals surface area contributed by atoms with E-state index in [0.717, 1.165) is 19.7 Å². The summed E-state index contributed by atoms with van der Waals surface area (Å²) in [5, 5.41) is 10.4. The molecule has 96 valence electrons. The molecule has 2 heterocycles. The molecule has 1 aliphatic rings. The Kier molecular flexibility index (Phi) is 3.61. The predicted molar refractivity (Wildman–Crippen MR) is 76.2 cm³/mol. The number of benzene rings is 1. The van der Waals surface area contributed by atoms with Crippen LogP contribution < -0.4 is 10.6 Å². The third kappa shape index (κ3) is 2.17. The quantitative estimate of drug-likeness (QED) is 0.889. The second kappa shape index (κ2) is 5.36. The number of thiophene rings is 1. The molecular formula is C14H18N2OS. The molecule has 4 heteroatoms. The highest BCUT2D eigenvalue weighted by Crippen LogP contribution is 2.32. The van der Waals surface area contributed by atoms with Gasteiger partial charge in [-0.1, -0.05) is 18.2 Å². The largest absolute Gasteiger partial charge is 0.374 e. The predicted octanol–water partition coefficient (Wildman–Crippen LogP) is 2.15. The van der Waals surface area contributed by atoms with Crippen molar-refractivity contribution in [3.05, 3.63) is 35.2 Å². The number of ether oxygens (including phenoxy) is 1. The van der Waals surface area contributed by atoms with Gasteiger partial charge >= 0.3 is 0 Å². The van der Waals surface area contributed by atoms with Crippen LogP contribution in [0, 0.1) is 0 Å². The van der Waals surface area contributed by atoms with Gasteiger partial charge in [0.1, 0.15) is 0 Å². The molecule has 0 radical (unpaired) electrons. The summed E-state index contributed by atoms with van der Waals surface area (Å²) in [7, 11) is 2.01. The fourth-order valence-electron chi connectivity index (χ4n) is 2.58. The van der Waals surface area contributed by atoms with Crippen molar-refractivity contribution in [1.29, 1.82) is 0 Å². The molecule has 3 nitrogen and oxygen atoms in total. The highest BCUT2D eigenvalue weighted by molar-refractivity contribution is 7.17. The molecule has 2 aromatic rings. The van der Waals surface area contributed by atoms with Gasteiger partial charge in [-0.3, -0.25) is 0 Å². The van der Waals surface area contributed by atoms with Gasteiger partial charge in [-0.2, -0.15) is 0 Å². The summed E-state index contributed by atoms with van der Waals surface area (Å²) < 4.78 is 7.23. The average Bonchev–Trinajstić information content (AvgIpc) is 2.85. The van der Waals surface area contributed by atoms with Crippen LogP contribution in [-0.4, -0.2) is 32.8 Å². The Morgan fingerprint density at radius 2 is 2.33 bits per heavy atom. The number of nitrogens with one attached hydrogen (secondary N) is 2. The topological polar surface area (TPSA) is 33.3 Å². The van der Waals surface area contributed by atoms with Crippen molar-refractivity contribution in [1.82, 2.24) is 10.6 Å². The van der Waals surface area contributed by atoms with Gasteiger partial charge in [-0.15, -0.1) is 11.3 Å². The third-order valence-electron chi connectivity index (χ3n) is 3.49. The first-order valence-corrected chi connectivity index (χ1v) is 7.24. The zero-order valence-electron chi connectivity index (χ0n) is 10.5. The lowest BCUT2D eigenvalue weighted by Crippen LogP contribution is -2.45. The van der Waals surface area contributed by atoms with Gasteiger partial charge in [0.15, 0.2) is 0 Å². The van der Waals surface area contributed by atoms with Crippen molar-refractivity contribution in [2.45, 2.75) is 12.1 Å². The molecule has 1 saturated heterocycles. The van der Waals surface area contributed by atoms with E-state index < -0.39 is 0 Å². The summed E-state index contributed by atoms with van der Waals surface area (Å²) in [5.41, 5.74) is 1.35. The normalized spacial score (nSPS) is 22.2. The van der Waals surface area contributed by atoms with Crippen LogP contribution in [0.5, 0.6) is 0 Å². The minimum absolute atomic E-state index is 0.210. The SMILES string of the molecule is CNC(c1csc2ccccc12)C1CNCCO1. The highest BCUT2D eigenvalue weighted by atomic mass is 32.1. The monoisotopic (exact) mass is 262 g/mol. The summed E-state index contributed by atoms with van der Waals surface area (Å²) in [6.45, 7) is 2.66. The summed E-state index contributed by atoms with van der Waals surface area (Å²) in [6.07, 6.45) is 0.210. The van der Waals surface area contributed by atoms with Crippen LogP contribution in [0.4, 0.5) is 0 Å². The fourth-order valence-corrected chi connectivity index (χ4v) is 3.58. The molecule has 0 saturated carbocycles. The standard InChI is InChI=1S/C14H18N2OS/c1-15-14(12-8-16-6-7-17-12)11-9-18-13-5-3-2-4-10(11)13/h2-5,9,12,14-16H,6-8H2,1H3. The zero-order valence-corrected chi connectivity index (χ0v) is 11.3. The van der Waals surface area contributed by atoms with Crippen LogP contribution in [0.3, 0.4) is 0 Å². The third-order valence-corrected chi connectivity index (χ3v) is 4.47. The van der Waals surface area contributed by atoms with E-state index in [1.165, 1.54) is 15.6 Å². The van der Waals surface area contributed by atoms with E-state index in [9.17, 15) is 0 Å². The minimum atomic E-state index is 0.210. The Labute approximate surface area is 111 Å². The van der Waals surface area contributed by atoms with Gasteiger partial charge in [-0.05, 0) is 29.4 Å². The second-order valence-electron chi connectivity index (χ2n) is 4.57. The van der Waals surface area contributed by atoms with Gasteiger partial charge in [-0.25, -0.2) is 0 Å². The number of likely N-dealkylation sites (N-methyl/N-ethyl adjacent to an activating group) is 1. The lowest BCUT2D eigenvalue weighted by Gasteiger charge is -2.30. The number of morpholine rings is 1. The molecule has 3 rings (SSSR count). The van der Waals surface area contributed by atoms with E-state index >= 15 is 0 Å². The Bertz CT molecular complexity index is 519. The minimum Gasteiger partial charge on any atom is -0.374 e. The van der Waals surface area contributed by atoms with Gasteiger partial charge in [0, 0.05) is 17.8 Å². The summed E-state index contributed by atoms with van der Waals surface area (Å²) in [5.74, 6) is 0. The van der Waals surface area contributed by atoms with Crippen molar-refractivity contribution >= 4 is 21.4 Å². The fraction of sp³-hybridized carbons (Fsp3) is 0.429. The van der Waals surface area contributed by atoms with E-state index in [-0.39, 0.29) is 12.1 Å². The molecule has 1 aromatic carbocycles. The van der Waals surface area contributed by atoms with E-state index in [0.29, 0.717) is 0 Å². The molecule has 0 bridgehead atoms. The van der Waals surface area contributed by atoms with Crippen LogP contribution >= 0.6 is 11.3 Å². The molecule has 2 atom stereocenters. The smallest absolute Gasteiger partial charge is 0.0894 e. The number of hydrogen-bond donors (Lipinski definition) is 2. The Balaban J connectivity index is 1.95. The second-order valence-corrected chi connectivity index (χ2v) is 5.48. The zero-order chi connectivity index (χ0) is 12.4. The van der Waals surface area contributed by atoms with Crippen molar-refractivity contribution in [2.75, 3.05) is 26.7 Å². The van der Waals surface area contributed by atoms with Crippen molar-refractivity contribution in [2.24, 2.45) is 0 Å². The van der Waals surface area contributed by atoms with Gasteiger partial charge in [0.05, 0.1) is 18.8 Å². The lowest BCUT2D eigenvalue weighted by atomic mass is 10.00. The lowest BCUT2D eigenvalue weighted by molar-refractivity contribution is 0.00575. The van der Waals surface area contributed by atoms with E-state index in [4.69, 9.17) is 4.74 Å². The summed E-state index contributed by atoms with van der Waals surface area (Å²) in [4.78, 5) is 0.